The van der Waals surface area contributed by atoms with Crippen LogP contribution in [0.2, 0.25) is 10.0 Å². The van der Waals surface area contributed by atoms with Gasteiger partial charge in [-0.05, 0) is 80.5 Å². The van der Waals surface area contributed by atoms with Gasteiger partial charge >= 0.3 is 0 Å². The number of benzene rings is 3. The normalized spacial score (nSPS) is 10.9. The van der Waals surface area contributed by atoms with E-state index in [-0.39, 0.29) is 12.5 Å². The van der Waals surface area contributed by atoms with Crippen LogP contribution in [0.5, 0.6) is 11.5 Å². The minimum absolute atomic E-state index is 0.262. The third-order valence-corrected chi connectivity index (χ3v) is 6.22. The number of carbonyl (C=O) groups is 1. The predicted molar refractivity (Wildman–Crippen MR) is 136 cm³/mol. The molecule has 0 atom stereocenters. The van der Waals surface area contributed by atoms with Crippen LogP contribution in [0.3, 0.4) is 0 Å². The zero-order valence-electron chi connectivity index (χ0n) is 16.2. The van der Waals surface area contributed by atoms with E-state index in [1.165, 1.54) is 0 Å². The molecule has 0 fully saturated rings. The van der Waals surface area contributed by atoms with Gasteiger partial charge < -0.3 is 9.47 Å². The Morgan fingerprint density at radius 3 is 2.68 bits per heavy atom. The Bertz CT molecular complexity index is 1140. The standard InChI is InChI=1S/C22H16BrCl2IN2O3/c1-30-20-9-13(11-27-28-22(29)16-4-2-3-5-17(16)23)8-19(26)21(20)31-12-14-6-7-15(24)10-18(14)25/h2-11H,12H2,1H3,(H,28,29)/b27-11-. The van der Waals surface area contributed by atoms with Crippen molar-refractivity contribution in [3.63, 3.8) is 0 Å². The molecule has 1 N–H and O–H groups in total. The minimum atomic E-state index is -0.315. The molecule has 0 aliphatic rings. The molecule has 0 radical (unpaired) electrons. The molecule has 1 amide bonds. The van der Waals surface area contributed by atoms with Gasteiger partial charge in [-0.15, -0.1) is 0 Å². The number of hydrazone groups is 1. The van der Waals surface area contributed by atoms with Crippen molar-refractivity contribution in [2.45, 2.75) is 6.61 Å². The molecule has 0 bridgehead atoms. The number of nitrogens with zero attached hydrogens (tertiary/aromatic N) is 1. The van der Waals surface area contributed by atoms with Gasteiger partial charge in [0.1, 0.15) is 6.61 Å². The second-order valence-corrected chi connectivity index (χ2v) is 9.10. The average molecular weight is 634 g/mol. The molecular weight excluding hydrogens is 618 g/mol. The Labute approximate surface area is 212 Å². The number of rotatable bonds is 7. The molecule has 160 valence electrons. The predicted octanol–water partition coefficient (Wildman–Crippen LogP) is 6.71. The second-order valence-electron chi connectivity index (χ2n) is 6.24. The van der Waals surface area contributed by atoms with Crippen molar-refractivity contribution in [3.8, 4) is 11.5 Å². The summed E-state index contributed by atoms with van der Waals surface area (Å²) >= 11 is 17.7. The third-order valence-electron chi connectivity index (χ3n) is 4.14. The van der Waals surface area contributed by atoms with E-state index in [1.807, 2.05) is 18.2 Å². The number of nitrogens with one attached hydrogen (secondary N) is 1. The molecule has 0 aromatic heterocycles. The number of carbonyl (C=O) groups excluding carboxylic acids is 1. The van der Waals surface area contributed by atoms with Gasteiger partial charge in [-0.3, -0.25) is 4.79 Å². The molecule has 0 spiro atoms. The molecule has 3 rings (SSSR count). The first-order valence-corrected chi connectivity index (χ1v) is 11.5. The maximum absolute atomic E-state index is 12.2. The van der Waals surface area contributed by atoms with E-state index >= 15 is 0 Å². The maximum atomic E-state index is 12.2. The van der Waals surface area contributed by atoms with Crippen LogP contribution in [0.25, 0.3) is 0 Å². The van der Waals surface area contributed by atoms with Gasteiger partial charge in [-0.1, -0.05) is 41.4 Å². The fourth-order valence-electron chi connectivity index (χ4n) is 2.61. The summed E-state index contributed by atoms with van der Waals surface area (Å²) in [6, 6.07) is 16.0. The number of ether oxygens (including phenoxy) is 2. The summed E-state index contributed by atoms with van der Waals surface area (Å²) in [7, 11) is 1.56. The zero-order chi connectivity index (χ0) is 22.4. The topological polar surface area (TPSA) is 59.9 Å². The van der Waals surface area contributed by atoms with Crippen LogP contribution in [0.4, 0.5) is 0 Å². The highest BCUT2D eigenvalue weighted by atomic mass is 127. The van der Waals surface area contributed by atoms with Gasteiger partial charge in [-0.25, -0.2) is 5.43 Å². The fourth-order valence-corrected chi connectivity index (χ4v) is 4.32. The highest BCUT2D eigenvalue weighted by molar-refractivity contribution is 14.1. The van der Waals surface area contributed by atoms with E-state index < -0.39 is 0 Å². The minimum Gasteiger partial charge on any atom is -0.493 e. The molecule has 3 aromatic carbocycles. The van der Waals surface area contributed by atoms with Crippen molar-refractivity contribution < 1.29 is 14.3 Å². The third kappa shape index (κ3) is 6.35. The Kier molecular flexibility index (Phi) is 8.59. The summed E-state index contributed by atoms with van der Waals surface area (Å²) in [4.78, 5) is 12.2. The largest absolute Gasteiger partial charge is 0.493 e. The van der Waals surface area contributed by atoms with Gasteiger partial charge in [0.2, 0.25) is 0 Å². The van der Waals surface area contributed by atoms with Crippen LogP contribution in [-0.4, -0.2) is 19.2 Å². The Balaban J connectivity index is 1.72. The molecule has 9 heteroatoms. The van der Waals surface area contributed by atoms with Gasteiger partial charge in [0.25, 0.3) is 5.91 Å². The molecule has 0 heterocycles. The molecule has 0 unspecified atom stereocenters. The molecular formula is C22H16BrCl2IN2O3. The first-order valence-electron chi connectivity index (χ1n) is 8.91. The smallest absolute Gasteiger partial charge is 0.272 e. The number of methoxy groups -OCH3 is 1. The first-order chi connectivity index (χ1) is 14.9. The zero-order valence-corrected chi connectivity index (χ0v) is 21.4. The summed E-state index contributed by atoms with van der Waals surface area (Å²) in [5, 5.41) is 5.14. The van der Waals surface area contributed by atoms with E-state index in [4.69, 9.17) is 32.7 Å². The van der Waals surface area contributed by atoms with E-state index in [9.17, 15) is 4.79 Å². The fraction of sp³-hybridized carbons (Fsp3) is 0.0909. The van der Waals surface area contributed by atoms with Crippen molar-refractivity contribution in [2.24, 2.45) is 5.10 Å². The van der Waals surface area contributed by atoms with E-state index in [1.54, 1.807) is 49.7 Å². The second kappa shape index (κ2) is 11.2. The lowest BCUT2D eigenvalue weighted by Crippen LogP contribution is -2.18. The summed E-state index contributed by atoms with van der Waals surface area (Å²) in [6.07, 6.45) is 1.54. The molecule has 3 aromatic rings. The SMILES string of the molecule is COc1cc(/C=N\NC(=O)c2ccccc2Br)cc(I)c1OCc1ccc(Cl)cc1Cl. The lowest BCUT2D eigenvalue weighted by Gasteiger charge is -2.14. The van der Waals surface area contributed by atoms with Crippen LogP contribution < -0.4 is 14.9 Å². The van der Waals surface area contributed by atoms with Crippen molar-refractivity contribution in [1.29, 1.82) is 0 Å². The monoisotopic (exact) mass is 632 g/mol. The maximum Gasteiger partial charge on any atom is 0.272 e. The Morgan fingerprint density at radius 2 is 1.97 bits per heavy atom. The van der Waals surface area contributed by atoms with Gasteiger partial charge in [0, 0.05) is 20.1 Å². The molecule has 0 aliphatic carbocycles. The lowest BCUT2D eigenvalue weighted by molar-refractivity contribution is 0.0954. The van der Waals surface area contributed by atoms with Crippen LogP contribution in [0, 0.1) is 3.57 Å². The molecule has 0 aliphatic heterocycles. The molecule has 31 heavy (non-hydrogen) atoms. The van der Waals surface area contributed by atoms with Crippen molar-refractivity contribution in [3.05, 3.63) is 89.4 Å². The van der Waals surface area contributed by atoms with E-state index in [0.717, 1.165) is 14.7 Å². The Hall–Kier alpha value is -1.81. The molecule has 5 nitrogen and oxygen atoms in total. The van der Waals surface area contributed by atoms with Gasteiger partial charge in [-0.2, -0.15) is 5.10 Å². The molecule has 0 saturated carbocycles. The van der Waals surface area contributed by atoms with Gasteiger partial charge in [0.05, 0.1) is 22.5 Å². The van der Waals surface area contributed by atoms with Crippen molar-refractivity contribution >= 4 is 73.8 Å². The van der Waals surface area contributed by atoms with Crippen LogP contribution in [0.15, 0.2) is 64.2 Å². The van der Waals surface area contributed by atoms with E-state index in [0.29, 0.717) is 31.6 Å². The van der Waals surface area contributed by atoms with Crippen molar-refractivity contribution in [1.82, 2.24) is 5.43 Å². The summed E-state index contributed by atoms with van der Waals surface area (Å²) in [5.41, 5.74) is 4.57. The van der Waals surface area contributed by atoms with E-state index in [2.05, 4.69) is 49.0 Å². The number of amides is 1. The first kappa shape index (κ1) is 23.8. The number of hydrogen-bond donors (Lipinski definition) is 1. The summed E-state index contributed by atoms with van der Waals surface area (Å²) in [6.45, 7) is 0.262. The summed E-state index contributed by atoms with van der Waals surface area (Å²) < 4.78 is 12.9. The van der Waals surface area contributed by atoms with Crippen LogP contribution in [-0.2, 0) is 6.61 Å². The average Bonchev–Trinajstić information content (AvgIpc) is 2.74. The molecule has 0 saturated heterocycles. The van der Waals surface area contributed by atoms with Crippen molar-refractivity contribution in [2.75, 3.05) is 7.11 Å². The number of halogens is 4. The lowest BCUT2D eigenvalue weighted by atomic mass is 10.2. The highest BCUT2D eigenvalue weighted by Gasteiger charge is 2.13. The quantitative estimate of drug-likeness (QED) is 0.179. The van der Waals surface area contributed by atoms with Crippen LogP contribution in [0.1, 0.15) is 21.5 Å². The number of hydrogen-bond acceptors (Lipinski definition) is 4. The van der Waals surface area contributed by atoms with Gasteiger partial charge in [0.15, 0.2) is 11.5 Å². The van der Waals surface area contributed by atoms with Crippen LogP contribution >= 0.6 is 61.7 Å². The Morgan fingerprint density at radius 1 is 1.19 bits per heavy atom. The summed E-state index contributed by atoms with van der Waals surface area (Å²) in [5.74, 6) is 0.810. The highest BCUT2D eigenvalue weighted by Crippen LogP contribution is 2.35.